The van der Waals surface area contributed by atoms with Crippen molar-refractivity contribution < 1.29 is 4.39 Å². The summed E-state index contributed by atoms with van der Waals surface area (Å²) in [5.41, 5.74) is 10.7. The van der Waals surface area contributed by atoms with Gasteiger partial charge in [0.1, 0.15) is 5.82 Å². The topological polar surface area (TPSA) is 3.24 Å². The number of hydrogen-bond donors (Lipinski definition) is 0. The zero-order valence-corrected chi connectivity index (χ0v) is 24.3. The molecular weight excluding hydrogens is 465 g/mol. The number of unbranched alkanes of at least 4 members (excludes halogenated alkanes) is 4. The Morgan fingerprint density at radius 1 is 0.921 bits per heavy atom. The van der Waals surface area contributed by atoms with Crippen molar-refractivity contribution >= 4 is 11.3 Å². The summed E-state index contributed by atoms with van der Waals surface area (Å²) in [7, 11) is 0. The number of piperidine rings is 1. The molecular formula is C36H48FN. The number of benzene rings is 2. The molecule has 1 nitrogen and oxygen atoms in total. The van der Waals surface area contributed by atoms with Gasteiger partial charge >= 0.3 is 0 Å². The molecule has 2 aromatic rings. The van der Waals surface area contributed by atoms with Crippen LogP contribution < -0.4 is 0 Å². The summed E-state index contributed by atoms with van der Waals surface area (Å²) < 4.78 is 13.3. The van der Waals surface area contributed by atoms with Gasteiger partial charge in [-0.1, -0.05) is 76.6 Å². The van der Waals surface area contributed by atoms with Gasteiger partial charge in [-0.15, -0.1) is 0 Å². The molecule has 1 heterocycles. The van der Waals surface area contributed by atoms with Crippen molar-refractivity contribution in [2.75, 3.05) is 13.1 Å². The molecule has 0 N–H and O–H groups in total. The second kappa shape index (κ2) is 14.3. The fraction of sp³-hybridized carbons (Fsp3) is 0.444. The third kappa shape index (κ3) is 7.82. The second-order valence-electron chi connectivity index (χ2n) is 11.1. The van der Waals surface area contributed by atoms with E-state index in [9.17, 15) is 4.39 Å². The van der Waals surface area contributed by atoms with Crippen molar-refractivity contribution in [1.29, 1.82) is 0 Å². The molecule has 0 unspecified atom stereocenters. The fourth-order valence-electron chi connectivity index (χ4n) is 5.76. The van der Waals surface area contributed by atoms with Crippen LogP contribution in [0.25, 0.3) is 11.3 Å². The van der Waals surface area contributed by atoms with Crippen LogP contribution in [-0.4, -0.2) is 18.0 Å². The Morgan fingerprint density at radius 2 is 1.55 bits per heavy atom. The van der Waals surface area contributed by atoms with Crippen molar-refractivity contribution in [3.05, 3.63) is 107 Å². The van der Waals surface area contributed by atoms with E-state index in [1.807, 2.05) is 12.1 Å². The van der Waals surface area contributed by atoms with Gasteiger partial charge in [0.25, 0.3) is 0 Å². The van der Waals surface area contributed by atoms with E-state index in [-0.39, 0.29) is 5.82 Å². The van der Waals surface area contributed by atoms with Gasteiger partial charge in [0.2, 0.25) is 0 Å². The molecule has 0 atom stereocenters. The predicted molar refractivity (Wildman–Crippen MR) is 165 cm³/mol. The van der Waals surface area contributed by atoms with Gasteiger partial charge in [-0.05, 0) is 116 Å². The van der Waals surface area contributed by atoms with Gasteiger partial charge in [0.05, 0.1) is 0 Å². The first-order chi connectivity index (χ1) is 18.2. The third-order valence-corrected chi connectivity index (χ3v) is 8.23. The molecule has 0 radical (unpaired) electrons. The average Bonchev–Trinajstić information content (AvgIpc) is 2.91. The Morgan fingerprint density at radius 3 is 2.18 bits per heavy atom. The Kier molecular flexibility index (Phi) is 11.2. The van der Waals surface area contributed by atoms with E-state index in [1.54, 1.807) is 12.1 Å². The summed E-state index contributed by atoms with van der Waals surface area (Å²) in [5.74, 6) is 0.467. The van der Waals surface area contributed by atoms with Crippen molar-refractivity contribution in [1.82, 2.24) is 4.90 Å². The minimum absolute atomic E-state index is 0.163. The highest BCUT2D eigenvalue weighted by molar-refractivity contribution is 5.85. The smallest absolute Gasteiger partial charge is 0.123 e. The van der Waals surface area contributed by atoms with Crippen LogP contribution in [0.1, 0.15) is 93.0 Å². The van der Waals surface area contributed by atoms with Gasteiger partial charge in [0.15, 0.2) is 0 Å². The van der Waals surface area contributed by atoms with Gasteiger partial charge in [0, 0.05) is 24.4 Å². The molecule has 1 aliphatic rings. The maximum absolute atomic E-state index is 13.3. The van der Waals surface area contributed by atoms with E-state index in [2.05, 4.69) is 70.5 Å². The van der Waals surface area contributed by atoms with E-state index in [4.69, 9.17) is 0 Å². The summed E-state index contributed by atoms with van der Waals surface area (Å²) in [5, 5.41) is 0. The summed E-state index contributed by atoms with van der Waals surface area (Å²) in [4.78, 5) is 2.45. The number of nitrogens with zero attached hydrogens (tertiary/aromatic N) is 1. The van der Waals surface area contributed by atoms with Gasteiger partial charge in [-0.2, -0.15) is 0 Å². The monoisotopic (exact) mass is 513 g/mol. The van der Waals surface area contributed by atoms with E-state index < -0.39 is 0 Å². The van der Waals surface area contributed by atoms with E-state index in [0.717, 1.165) is 55.6 Å². The minimum atomic E-state index is -0.163. The SMILES string of the molecule is C=C(CCCCCCC)C(=C)/C(=C/C)c1cc(C(=C)N2CCC(Cc3ccc(F)cc3)CC2)c(C)cc1C. The predicted octanol–water partition coefficient (Wildman–Crippen LogP) is 10.2. The molecule has 0 aliphatic carbocycles. The van der Waals surface area contributed by atoms with Gasteiger partial charge in [-0.25, -0.2) is 4.39 Å². The van der Waals surface area contributed by atoms with Crippen molar-refractivity contribution in [2.45, 2.75) is 85.5 Å². The van der Waals surface area contributed by atoms with Crippen LogP contribution in [0.15, 0.2) is 73.4 Å². The summed E-state index contributed by atoms with van der Waals surface area (Å²) in [6.07, 6.45) is 12.8. The molecule has 2 heteroatoms. The summed E-state index contributed by atoms with van der Waals surface area (Å²) in [6.45, 7) is 24.2. The third-order valence-electron chi connectivity index (χ3n) is 8.23. The Labute approximate surface area is 231 Å². The Bertz CT molecular complexity index is 1140. The van der Waals surface area contributed by atoms with Crippen LogP contribution in [0.4, 0.5) is 4.39 Å². The molecule has 1 fully saturated rings. The first-order valence-electron chi connectivity index (χ1n) is 14.6. The molecule has 0 amide bonds. The molecule has 1 aliphatic heterocycles. The highest BCUT2D eigenvalue weighted by Gasteiger charge is 2.23. The summed E-state index contributed by atoms with van der Waals surface area (Å²) >= 11 is 0. The molecule has 0 bridgehead atoms. The van der Waals surface area contributed by atoms with Crippen LogP contribution in [0.2, 0.25) is 0 Å². The maximum atomic E-state index is 13.3. The van der Waals surface area contributed by atoms with Crippen molar-refractivity contribution in [3.63, 3.8) is 0 Å². The van der Waals surface area contributed by atoms with Crippen LogP contribution in [-0.2, 0) is 6.42 Å². The standard InChI is InChI=1S/C36H48FN/c1-8-10-11-12-13-14-26(3)29(6)34(9-2)36-25-35(27(4)23-28(36)5)30(7)38-21-19-32(20-22-38)24-31-15-17-33(37)18-16-31/h9,15-18,23,25,32H,3,6-8,10-14,19-22,24H2,1-2,4-5H3/b34-9-. The number of hydrogen-bond acceptors (Lipinski definition) is 1. The van der Waals surface area contributed by atoms with Crippen LogP contribution in [0.5, 0.6) is 0 Å². The second-order valence-corrected chi connectivity index (χ2v) is 11.1. The number of likely N-dealkylation sites (tertiary alicyclic amines) is 1. The van der Waals surface area contributed by atoms with Crippen molar-refractivity contribution in [2.24, 2.45) is 5.92 Å². The van der Waals surface area contributed by atoms with Crippen molar-refractivity contribution in [3.8, 4) is 0 Å². The zero-order chi connectivity index (χ0) is 27.7. The van der Waals surface area contributed by atoms with Crippen LogP contribution in [0.3, 0.4) is 0 Å². The van der Waals surface area contributed by atoms with E-state index >= 15 is 0 Å². The minimum Gasteiger partial charge on any atom is -0.372 e. The van der Waals surface area contributed by atoms with Crippen LogP contribution >= 0.6 is 0 Å². The number of allylic oxidation sites excluding steroid dienone is 4. The molecule has 0 saturated carbocycles. The molecule has 2 aromatic carbocycles. The van der Waals surface area contributed by atoms with Gasteiger partial charge < -0.3 is 4.90 Å². The normalized spacial score (nSPS) is 14.6. The molecule has 1 saturated heterocycles. The molecule has 204 valence electrons. The van der Waals surface area contributed by atoms with E-state index in [1.165, 1.54) is 65.5 Å². The fourth-order valence-corrected chi connectivity index (χ4v) is 5.76. The number of halogens is 1. The average molecular weight is 514 g/mol. The highest BCUT2D eigenvalue weighted by Crippen LogP contribution is 2.35. The molecule has 0 spiro atoms. The first-order valence-corrected chi connectivity index (χ1v) is 14.6. The quantitative estimate of drug-likeness (QED) is 0.190. The lowest BCUT2D eigenvalue weighted by molar-refractivity contribution is 0.254. The Hall–Kier alpha value is -2.87. The lowest BCUT2D eigenvalue weighted by atomic mass is 9.86. The lowest BCUT2D eigenvalue weighted by Crippen LogP contribution is -2.33. The largest absolute Gasteiger partial charge is 0.372 e. The van der Waals surface area contributed by atoms with Gasteiger partial charge in [-0.3, -0.25) is 0 Å². The molecule has 0 aromatic heterocycles. The molecule has 3 rings (SSSR count). The summed E-state index contributed by atoms with van der Waals surface area (Å²) in [6, 6.07) is 11.6. The van der Waals surface area contributed by atoms with E-state index in [0.29, 0.717) is 5.92 Å². The number of rotatable bonds is 13. The first kappa shape index (κ1) is 29.7. The highest BCUT2D eigenvalue weighted by atomic mass is 19.1. The van der Waals surface area contributed by atoms with Crippen LogP contribution in [0, 0.1) is 25.6 Å². The Balaban J connectivity index is 1.67. The maximum Gasteiger partial charge on any atom is 0.123 e. The molecule has 38 heavy (non-hydrogen) atoms. The zero-order valence-electron chi connectivity index (χ0n) is 24.3. The lowest BCUT2D eigenvalue weighted by Gasteiger charge is -2.35. The number of aryl methyl sites for hydroxylation is 2.